The zero-order valence-electron chi connectivity index (χ0n) is 14.3. The van der Waals surface area contributed by atoms with Gasteiger partial charge in [-0.3, -0.25) is 4.79 Å². The highest BCUT2D eigenvalue weighted by Crippen LogP contribution is 2.26. The van der Waals surface area contributed by atoms with Crippen molar-refractivity contribution in [1.29, 1.82) is 0 Å². The molecule has 1 aliphatic heterocycles. The van der Waals surface area contributed by atoms with E-state index in [1.54, 1.807) is 0 Å². The number of fused-ring (bicyclic) bond motifs is 1. The fourth-order valence-corrected chi connectivity index (χ4v) is 3.11. The molecule has 1 saturated heterocycles. The third-order valence-corrected chi connectivity index (χ3v) is 4.26. The Balaban J connectivity index is 1.88. The summed E-state index contributed by atoms with van der Waals surface area (Å²) in [6.07, 6.45) is 0. The van der Waals surface area contributed by atoms with E-state index in [1.807, 2.05) is 54.2 Å². The van der Waals surface area contributed by atoms with Crippen LogP contribution in [0.5, 0.6) is 0 Å². The van der Waals surface area contributed by atoms with E-state index in [4.69, 9.17) is 0 Å². The lowest BCUT2D eigenvalue weighted by Crippen LogP contribution is -2.53. The molecule has 2 aromatic rings. The number of nitrogens with zero attached hydrogens (tertiary/aromatic N) is 4. The number of rotatable bonds is 4. The minimum absolute atomic E-state index is 0.113. The molecule has 3 rings (SSSR count). The van der Waals surface area contributed by atoms with Crippen LogP contribution < -0.4 is 4.90 Å². The SMILES string of the molecule is CN(C)CC1CN(C(=O)c2cc(N(C)C)nc3ccccc23)C1. The van der Waals surface area contributed by atoms with Crippen molar-refractivity contribution in [2.45, 2.75) is 0 Å². The van der Waals surface area contributed by atoms with Crippen LogP contribution in [0.4, 0.5) is 5.82 Å². The standard InChI is InChI=1S/C18H24N4O/c1-20(2)10-13-11-22(12-13)18(23)15-9-17(21(3)4)19-16-8-6-5-7-14(15)16/h5-9,13H,10-12H2,1-4H3. The Morgan fingerprint density at radius 2 is 1.91 bits per heavy atom. The van der Waals surface area contributed by atoms with E-state index < -0.39 is 0 Å². The molecule has 2 heterocycles. The number of carbonyl (C=O) groups excluding carboxylic acids is 1. The van der Waals surface area contributed by atoms with E-state index >= 15 is 0 Å². The summed E-state index contributed by atoms with van der Waals surface area (Å²) in [6, 6.07) is 9.76. The summed E-state index contributed by atoms with van der Waals surface area (Å²) < 4.78 is 0. The number of hydrogen-bond acceptors (Lipinski definition) is 4. The van der Waals surface area contributed by atoms with Gasteiger partial charge in [0.2, 0.25) is 0 Å². The van der Waals surface area contributed by atoms with E-state index in [9.17, 15) is 4.79 Å². The fourth-order valence-electron chi connectivity index (χ4n) is 3.11. The van der Waals surface area contributed by atoms with Gasteiger partial charge in [0.1, 0.15) is 5.82 Å². The molecule has 1 aromatic carbocycles. The lowest BCUT2D eigenvalue weighted by molar-refractivity contribution is 0.0452. The van der Waals surface area contributed by atoms with Crippen LogP contribution in [0.25, 0.3) is 10.9 Å². The number of hydrogen-bond donors (Lipinski definition) is 0. The molecule has 1 aliphatic rings. The van der Waals surface area contributed by atoms with Crippen LogP contribution in [-0.2, 0) is 0 Å². The Kier molecular flexibility index (Phi) is 4.22. The van der Waals surface area contributed by atoms with Gasteiger partial charge < -0.3 is 14.7 Å². The molecule has 1 fully saturated rings. The molecular formula is C18H24N4O. The average Bonchev–Trinajstić information content (AvgIpc) is 2.48. The Hall–Kier alpha value is -2.14. The third kappa shape index (κ3) is 3.15. The predicted molar refractivity (Wildman–Crippen MR) is 94.0 cm³/mol. The third-order valence-electron chi connectivity index (χ3n) is 4.26. The molecule has 0 spiro atoms. The maximum atomic E-state index is 12.9. The normalized spacial score (nSPS) is 15.1. The van der Waals surface area contributed by atoms with Crippen molar-refractivity contribution in [1.82, 2.24) is 14.8 Å². The van der Waals surface area contributed by atoms with Crippen LogP contribution in [0, 0.1) is 5.92 Å². The molecule has 1 aromatic heterocycles. The molecular weight excluding hydrogens is 288 g/mol. The minimum Gasteiger partial charge on any atom is -0.363 e. The van der Waals surface area contributed by atoms with Gasteiger partial charge in [0.25, 0.3) is 5.91 Å². The molecule has 0 bridgehead atoms. The van der Waals surface area contributed by atoms with Gasteiger partial charge in [-0.05, 0) is 26.2 Å². The van der Waals surface area contributed by atoms with Crippen LogP contribution in [0.2, 0.25) is 0 Å². The maximum Gasteiger partial charge on any atom is 0.254 e. The fraction of sp³-hybridized carbons (Fsp3) is 0.444. The largest absolute Gasteiger partial charge is 0.363 e. The summed E-state index contributed by atoms with van der Waals surface area (Å²) in [6.45, 7) is 2.71. The first kappa shape index (κ1) is 15.7. The minimum atomic E-state index is 0.113. The second kappa shape index (κ2) is 6.16. The second-order valence-corrected chi connectivity index (χ2v) is 6.78. The Morgan fingerprint density at radius 3 is 2.57 bits per heavy atom. The number of likely N-dealkylation sites (tertiary alicyclic amines) is 1. The highest BCUT2D eigenvalue weighted by atomic mass is 16.2. The number of carbonyl (C=O) groups is 1. The first-order valence-electron chi connectivity index (χ1n) is 7.97. The first-order chi connectivity index (χ1) is 11.0. The number of aromatic nitrogens is 1. The summed E-state index contributed by atoms with van der Waals surface area (Å²) in [4.78, 5) is 23.6. The van der Waals surface area contributed by atoms with Crippen LogP contribution in [-0.4, -0.2) is 68.5 Å². The molecule has 122 valence electrons. The van der Waals surface area contributed by atoms with Crippen LogP contribution in [0.3, 0.4) is 0 Å². The molecule has 0 N–H and O–H groups in total. The van der Waals surface area contributed by atoms with E-state index in [1.165, 1.54) is 0 Å². The molecule has 0 aliphatic carbocycles. The van der Waals surface area contributed by atoms with Gasteiger partial charge >= 0.3 is 0 Å². The van der Waals surface area contributed by atoms with E-state index in [2.05, 4.69) is 24.0 Å². The molecule has 0 saturated carbocycles. The molecule has 5 heteroatoms. The topological polar surface area (TPSA) is 39.7 Å². The first-order valence-corrected chi connectivity index (χ1v) is 7.97. The van der Waals surface area contributed by atoms with Gasteiger partial charge in [0, 0.05) is 45.0 Å². The van der Waals surface area contributed by atoms with Crippen LogP contribution in [0.1, 0.15) is 10.4 Å². The van der Waals surface area contributed by atoms with Gasteiger partial charge in [0.05, 0.1) is 11.1 Å². The highest BCUT2D eigenvalue weighted by Gasteiger charge is 2.32. The van der Waals surface area contributed by atoms with Crippen molar-refractivity contribution in [2.75, 3.05) is 52.7 Å². The Morgan fingerprint density at radius 1 is 1.22 bits per heavy atom. The molecule has 23 heavy (non-hydrogen) atoms. The molecule has 5 nitrogen and oxygen atoms in total. The lowest BCUT2D eigenvalue weighted by Gasteiger charge is -2.40. The van der Waals surface area contributed by atoms with Gasteiger partial charge in [-0.15, -0.1) is 0 Å². The number of amides is 1. The van der Waals surface area contributed by atoms with E-state index in [0.717, 1.165) is 41.9 Å². The van der Waals surface area contributed by atoms with Gasteiger partial charge in [0.15, 0.2) is 0 Å². The number of para-hydroxylation sites is 1. The van der Waals surface area contributed by atoms with E-state index in [-0.39, 0.29) is 5.91 Å². The number of pyridine rings is 1. The van der Waals surface area contributed by atoms with Crippen molar-refractivity contribution in [3.05, 3.63) is 35.9 Å². The second-order valence-electron chi connectivity index (χ2n) is 6.78. The quantitative estimate of drug-likeness (QED) is 0.865. The van der Waals surface area contributed by atoms with Gasteiger partial charge in [-0.1, -0.05) is 18.2 Å². The van der Waals surface area contributed by atoms with Crippen molar-refractivity contribution in [3.63, 3.8) is 0 Å². The predicted octanol–water partition coefficient (Wildman–Crippen LogP) is 1.93. The summed E-state index contributed by atoms with van der Waals surface area (Å²) in [7, 11) is 8.04. The summed E-state index contributed by atoms with van der Waals surface area (Å²) in [5.41, 5.74) is 1.62. The zero-order chi connectivity index (χ0) is 16.6. The number of anilines is 1. The van der Waals surface area contributed by atoms with Crippen molar-refractivity contribution in [3.8, 4) is 0 Å². The Labute approximate surface area is 137 Å². The molecule has 0 atom stereocenters. The van der Waals surface area contributed by atoms with Gasteiger partial charge in [-0.25, -0.2) is 4.98 Å². The zero-order valence-corrected chi connectivity index (χ0v) is 14.3. The molecule has 1 amide bonds. The van der Waals surface area contributed by atoms with Crippen molar-refractivity contribution < 1.29 is 4.79 Å². The van der Waals surface area contributed by atoms with Crippen molar-refractivity contribution in [2.24, 2.45) is 5.92 Å². The average molecular weight is 312 g/mol. The smallest absolute Gasteiger partial charge is 0.254 e. The summed E-state index contributed by atoms with van der Waals surface area (Å²) in [5, 5.41) is 0.930. The van der Waals surface area contributed by atoms with Crippen LogP contribution >= 0.6 is 0 Å². The summed E-state index contributed by atoms with van der Waals surface area (Å²) >= 11 is 0. The van der Waals surface area contributed by atoms with E-state index in [0.29, 0.717) is 5.92 Å². The van der Waals surface area contributed by atoms with Crippen LogP contribution in [0.15, 0.2) is 30.3 Å². The highest BCUT2D eigenvalue weighted by molar-refractivity contribution is 6.07. The number of benzene rings is 1. The van der Waals surface area contributed by atoms with Crippen molar-refractivity contribution >= 4 is 22.6 Å². The Bertz CT molecular complexity index is 720. The monoisotopic (exact) mass is 312 g/mol. The lowest BCUT2D eigenvalue weighted by atomic mass is 9.97. The van der Waals surface area contributed by atoms with Gasteiger partial charge in [-0.2, -0.15) is 0 Å². The molecule has 0 radical (unpaired) electrons. The summed E-state index contributed by atoms with van der Waals surface area (Å²) in [5.74, 6) is 1.51. The maximum absolute atomic E-state index is 12.9. The molecule has 0 unspecified atom stereocenters.